The molecule has 0 atom stereocenters. The van der Waals surface area contributed by atoms with E-state index < -0.39 is 35.1 Å². The number of rotatable bonds is 4. The van der Waals surface area contributed by atoms with Gasteiger partial charge in [-0.3, -0.25) is 4.99 Å². The van der Waals surface area contributed by atoms with Crippen molar-refractivity contribution in [1.82, 2.24) is 4.98 Å². The average Bonchev–Trinajstić information content (AvgIpc) is 3.09. The molecule has 0 N–H and O–H groups in total. The zero-order valence-corrected chi connectivity index (χ0v) is 17.1. The summed E-state index contributed by atoms with van der Waals surface area (Å²) in [4.78, 5) is 6.64. The predicted octanol–water partition coefficient (Wildman–Crippen LogP) is 7.38. The predicted molar refractivity (Wildman–Crippen MR) is 100 cm³/mol. The van der Waals surface area contributed by atoms with Gasteiger partial charge >= 0.3 is 18.3 Å². The largest absolute Gasteiger partial charge is 0.459 e. The molecule has 164 valence electrons. The van der Waals surface area contributed by atoms with E-state index in [1.807, 2.05) is 0 Å². The first-order chi connectivity index (χ1) is 13.6. The molecule has 0 fully saturated rings. The number of aliphatic imine (C=N–C) groups is 1. The molecule has 0 bridgehead atoms. The molecular weight excluding hydrogens is 464 g/mol. The Kier molecular flexibility index (Phi) is 6.68. The van der Waals surface area contributed by atoms with Gasteiger partial charge in [0.1, 0.15) is 10.7 Å². The number of aryl methyl sites for hydroxylation is 1. The van der Waals surface area contributed by atoms with Crippen molar-refractivity contribution < 1.29 is 35.1 Å². The standard InChI is InChI=1S/C18H13ClF8N2S/c1-8-6-10(4-5-11(8)19)12-7-30-15(29-12)9(2)13(17(22,23)24)14(28-3)16(20,21)18(25,26)27/h4-7H,1-3H3/b13-9-,28-14+. The molecule has 2 rings (SSSR count). The van der Waals surface area contributed by atoms with Crippen LogP contribution in [0, 0.1) is 6.92 Å². The quantitative estimate of drug-likeness (QED) is 0.334. The van der Waals surface area contributed by atoms with Gasteiger partial charge in [-0.15, -0.1) is 11.3 Å². The molecule has 30 heavy (non-hydrogen) atoms. The molecule has 0 unspecified atom stereocenters. The maximum atomic E-state index is 13.8. The Balaban J connectivity index is 2.66. The van der Waals surface area contributed by atoms with E-state index in [0.29, 0.717) is 34.5 Å². The number of thiazole rings is 1. The van der Waals surface area contributed by atoms with Gasteiger partial charge < -0.3 is 0 Å². The van der Waals surface area contributed by atoms with Gasteiger partial charge in [-0.25, -0.2) is 4.98 Å². The number of nitrogens with zero attached hydrogens (tertiary/aromatic N) is 2. The molecule has 0 spiro atoms. The Hall–Kier alpha value is -2.01. The third-order valence-corrected chi connectivity index (χ3v) is 5.44. The maximum Gasteiger partial charge on any atom is 0.459 e. The molecule has 2 nitrogen and oxygen atoms in total. The molecule has 1 heterocycles. The summed E-state index contributed by atoms with van der Waals surface area (Å²) in [5.41, 5.74) is -4.12. The Bertz CT molecular complexity index is 1000. The number of halogens is 9. The number of hydrogen-bond donors (Lipinski definition) is 0. The lowest BCUT2D eigenvalue weighted by atomic mass is 9.98. The Morgan fingerprint density at radius 3 is 2.13 bits per heavy atom. The van der Waals surface area contributed by atoms with Crippen molar-refractivity contribution in [1.29, 1.82) is 0 Å². The molecule has 2 aromatic rings. The van der Waals surface area contributed by atoms with Crippen molar-refractivity contribution in [2.45, 2.75) is 32.1 Å². The van der Waals surface area contributed by atoms with Crippen molar-refractivity contribution >= 4 is 34.2 Å². The molecule has 1 aromatic heterocycles. The Morgan fingerprint density at radius 2 is 1.67 bits per heavy atom. The van der Waals surface area contributed by atoms with Crippen LogP contribution in [0.2, 0.25) is 5.02 Å². The minimum absolute atomic E-state index is 0.216. The van der Waals surface area contributed by atoms with E-state index in [2.05, 4.69) is 9.98 Å². The number of benzene rings is 1. The molecule has 0 radical (unpaired) electrons. The van der Waals surface area contributed by atoms with Crippen LogP contribution in [-0.4, -0.2) is 36.0 Å². The monoisotopic (exact) mass is 476 g/mol. The fourth-order valence-corrected chi connectivity index (χ4v) is 3.52. The smallest absolute Gasteiger partial charge is 0.286 e. The van der Waals surface area contributed by atoms with Gasteiger partial charge in [0.15, 0.2) is 0 Å². The Morgan fingerprint density at radius 1 is 1.07 bits per heavy atom. The lowest BCUT2D eigenvalue weighted by molar-refractivity contribution is -0.249. The fourth-order valence-electron chi connectivity index (χ4n) is 2.56. The highest BCUT2D eigenvalue weighted by atomic mass is 35.5. The summed E-state index contributed by atoms with van der Waals surface area (Å²) in [7, 11) is 0.442. The number of alkyl halides is 8. The minimum atomic E-state index is -6.26. The highest BCUT2D eigenvalue weighted by molar-refractivity contribution is 7.11. The van der Waals surface area contributed by atoms with E-state index in [9.17, 15) is 35.1 Å². The topological polar surface area (TPSA) is 25.2 Å². The summed E-state index contributed by atoms with van der Waals surface area (Å²) in [5.74, 6) is -5.80. The summed E-state index contributed by atoms with van der Waals surface area (Å²) >= 11 is 6.59. The second kappa shape index (κ2) is 8.26. The van der Waals surface area contributed by atoms with Crippen LogP contribution in [0.15, 0.2) is 34.1 Å². The van der Waals surface area contributed by atoms with E-state index in [1.165, 1.54) is 5.38 Å². The zero-order valence-electron chi connectivity index (χ0n) is 15.5. The van der Waals surface area contributed by atoms with Gasteiger partial charge in [-0.2, -0.15) is 35.1 Å². The first kappa shape index (κ1) is 24.3. The van der Waals surface area contributed by atoms with E-state index in [4.69, 9.17) is 11.6 Å². The van der Waals surface area contributed by atoms with E-state index in [0.717, 1.165) is 6.92 Å². The maximum absolute atomic E-state index is 13.8. The van der Waals surface area contributed by atoms with Gasteiger partial charge in [0.2, 0.25) is 0 Å². The van der Waals surface area contributed by atoms with E-state index in [1.54, 1.807) is 25.1 Å². The molecule has 0 aliphatic heterocycles. The van der Waals surface area contributed by atoms with Crippen LogP contribution in [0.5, 0.6) is 0 Å². The van der Waals surface area contributed by atoms with Crippen LogP contribution in [0.3, 0.4) is 0 Å². The molecule has 0 amide bonds. The highest BCUT2D eigenvalue weighted by Crippen LogP contribution is 2.44. The summed E-state index contributed by atoms with van der Waals surface area (Å²) in [6, 6.07) is 4.71. The van der Waals surface area contributed by atoms with Crippen molar-refractivity contribution in [3.8, 4) is 11.3 Å². The average molecular weight is 477 g/mol. The van der Waals surface area contributed by atoms with Crippen molar-refractivity contribution in [2.75, 3.05) is 7.05 Å². The summed E-state index contributed by atoms with van der Waals surface area (Å²) in [6.07, 6.45) is -11.8. The number of aromatic nitrogens is 1. The van der Waals surface area contributed by atoms with Crippen LogP contribution < -0.4 is 0 Å². The zero-order chi connectivity index (χ0) is 23.1. The molecule has 0 aliphatic carbocycles. The third kappa shape index (κ3) is 4.66. The van der Waals surface area contributed by atoms with E-state index >= 15 is 0 Å². The van der Waals surface area contributed by atoms with E-state index in [-0.39, 0.29) is 10.7 Å². The molecule has 1 aromatic carbocycles. The van der Waals surface area contributed by atoms with Crippen molar-refractivity contribution in [3.05, 3.63) is 44.7 Å². The number of hydrogen-bond acceptors (Lipinski definition) is 3. The molecule has 0 aliphatic rings. The lowest BCUT2D eigenvalue weighted by Crippen LogP contribution is -2.47. The molecule has 12 heteroatoms. The summed E-state index contributed by atoms with van der Waals surface area (Å²) in [5, 5.41) is 1.44. The van der Waals surface area contributed by atoms with Crippen LogP contribution in [0.4, 0.5) is 35.1 Å². The van der Waals surface area contributed by atoms with Crippen molar-refractivity contribution in [2.24, 2.45) is 4.99 Å². The van der Waals surface area contributed by atoms with Crippen molar-refractivity contribution in [3.63, 3.8) is 0 Å². The van der Waals surface area contributed by atoms with Crippen LogP contribution in [0.1, 0.15) is 17.5 Å². The molecule has 0 saturated carbocycles. The SMILES string of the molecule is C/N=C(\C(=C(/C)c1nc(-c2ccc(Cl)c(C)c2)cs1)C(F)(F)F)C(F)(F)C(F)(F)F. The van der Waals surface area contributed by atoms with Crippen LogP contribution >= 0.6 is 22.9 Å². The first-order valence-corrected chi connectivity index (χ1v) is 9.29. The fraction of sp³-hybridized carbons (Fsp3) is 0.333. The summed E-state index contributed by atoms with van der Waals surface area (Å²) < 4.78 is 106. The first-order valence-electron chi connectivity index (χ1n) is 8.04. The lowest BCUT2D eigenvalue weighted by Gasteiger charge is -2.25. The highest BCUT2D eigenvalue weighted by Gasteiger charge is 2.64. The molecular formula is C18H13ClF8N2S. The third-order valence-electron chi connectivity index (χ3n) is 4.05. The van der Waals surface area contributed by atoms with Gasteiger partial charge in [-0.05, 0) is 37.1 Å². The van der Waals surface area contributed by atoms with Gasteiger partial charge in [0.05, 0.1) is 11.3 Å². The molecule has 0 saturated heterocycles. The van der Waals surface area contributed by atoms with Crippen LogP contribution in [-0.2, 0) is 0 Å². The summed E-state index contributed by atoms with van der Waals surface area (Å²) in [6.45, 7) is 2.46. The van der Waals surface area contributed by atoms with Gasteiger partial charge in [0, 0.05) is 23.0 Å². The normalized spacial score (nSPS) is 14.7. The second-order valence-electron chi connectivity index (χ2n) is 6.14. The second-order valence-corrected chi connectivity index (χ2v) is 7.41. The van der Waals surface area contributed by atoms with Gasteiger partial charge in [-0.1, -0.05) is 17.7 Å². The number of allylic oxidation sites excluding steroid dienone is 2. The van der Waals surface area contributed by atoms with Crippen LogP contribution in [0.25, 0.3) is 16.8 Å². The van der Waals surface area contributed by atoms with Gasteiger partial charge in [0.25, 0.3) is 0 Å². The minimum Gasteiger partial charge on any atom is -0.286 e. The Labute approximate surface area is 174 Å².